The van der Waals surface area contributed by atoms with Crippen molar-refractivity contribution in [2.75, 3.05) is 0 Å². The largest absolute Gasteiger partial charge is 0.618 e. The maximum atomic E-state index is 10.1. The van der Waals surface area contributed by atoms with Crippen molar-refractivity contribution in [2.24, 2.45) is 0 Å². The number of hydrogen-bond donors (Lipinski definition) is 0. The number of hydrogen-bond acceptors (Lipinski definition) is 1. The van der Waals surface area contributed by atoms with Gasteiger partial charge in [-0.05, 0) is 6.07 Å². The second-order valence-electron chi connectivity index (χ2n) is 1.08. The first-order valence-corrected chi connectivity index (χ1v) is 1.86. The molecule has 0 amide bonds. The van der Waals surface area contributed by atoms with Gasteiger partial charge in [-0.15, -0.1) is 0 Å². The van der Waals surface area contributed by atoms with Crippen LogP contribution in [0.15, 0.2) is 18.3 Å². The third kappa shape index (κ3) is 0.892. The van der Waals surface area contributed by atoms with Crippen molar-refractivity contribution < 1.29 is 4.73 Å². The quantitative estimate of drug-likeness (QED) is 0.325. The summed E-state index contributed by atoms with van der Waals surface area (Å²) in [6.45, 7) is 0. The summed E-state index contributed by atoms with van der Waals surface area (Å²) in [5.74, 6) is 0. The number of nitrogens with zero attached hydrogens (tertiary/aromatic N) is 1. The molecule has 0 aliphatic rings. The van der Waals surface area contributed by atoms with Crippen LogP contribution in [0.25, 0.3) is 0 Å². The minimum atomic E-state index is 0.594. The van der Waals surface area contributed by atoms with Crippen molar-refractivity contribution in [3.8, 4) is 0 Å². The molecule has 2 heteroatoms. The predicted molar refractivity (Wildman–Crippen MR) is 23.1 cm³/mol. The van der Waals surface area contributed by atoms with Gasteiger partial charge in [0.1, 0.15) is 0 Å². The fourth-order valence-corrected chi connectivity index (χ4v) is 0.303. The molecule has 0 bridgehead atoms. The third-order valence-corrected chi connectivity index (χ3v) is 0.581. The highest BCUT2D eigenvalue weighted by Gasteiger charge is 1.78. The van der Waals surface area contributed by atoms with Crippen LogP contribution in [0.2, 0.25) is 0 Å². The van der Waals surface area contributed by atoms with Gasteiger partial charge in [0, 0.05) is 12.1 Å². The maximum Gasteiger partial charge on any atom is 0.290 e. The lowest BCUT2D eigenvalue weighted by Gasteiger charge is -1.85. The fourth-order valence-electron chi connectivity index (χ4n) is 0.303. The molecule has 2 radical (unpaired) electrons. The van der Waals surface area contributed by atoms with Crippen molar-refractivity contribution in [3.63, 3.8) is 0 Å². The van der Waals surface area contributed by atoms with E-state index in [-0.39, 0.29) is 0 Å². The van der Waals surface area contributed by atoms with E-state index in [1.54, 1.807) is 0 Å². The van der Waals surface area contributed by atoms with E-state index in [1.807, 2.05) is 0 Å². The predicted octanol–water partition coefficient (Wildman–Crippen LogP) is -0.0796. The zero-order valence-electron chi connectivity index (χ0n) is 3.59. The van der Waals surface area contributed by atoms with Crippen LogP contribution in [0, 0.1) is 17.5 Å². The minimum Gasteiger partial charge on any atom is -0.618 e. The van der Waals surface area contributed by atoms with E-state index in [0.29, 0.717) is 4.73 Å². The van der Waals surface area contributed by atoms with Crippen molar-refractivity contribution in [1.82, 2.24) is 0 Å². The Morgan fingerprint density at radius 3 is 2.71 bits per heavy atom. The van der Waals surface area contributed by atoms with E-state index in [9.17, 15) is 5.21 Å². The van der Waals surface area contributed by atoms with E-state index in [0.717, 1.165) is 0 Å². The van der Waals surface area contributed by atoms with Gasteiger partial charge >= 0.3 is 0 Å². The smallest absolute Gasteiger partial charge is 0.290 e. The van der Waals surface area contributed by atoms with Gasteiger partial charge in [-0.25, -0.2) is 0 Å². The Hall–Kier alpha value is -1.05. The van der Waals surface area contributed by atoms with Crippen molar-refractivity contribution in [1.29, 1.82) is 0 Å². The molecule has 0 N–H and O–H groups in total. The Balaban J connectivity index is 3.02. The van der Waals surface area contributed by atoms with Gasteiger partial charge in [0.2, 0.25) is 0 Å². The topological polar surface area (TPSA) is 26.9 Å². The van der Waals surface area contributed by atoms with Crippen molar-refractivity contribution in [2.45, 2.75) is 0 Å². The molecule has 1 heterocycles. The highest BCUT2D eigenvalue weighted by Crippen LogP contribution is 1.69. The monoisotopic (exact) mass is 93.0 g/mol. The third-order valence-electron chi connectivity index (χ3n) is 0.581. The summed E-state index contributed by atoms with van der Waals surface area (Å²) in [5, 5.41) is 10.1. The first kappa shape index (κ1) is 4.12. The summed E-state index contributed by atoms with van der Waals surface area (Å²) < 4.78 is 0.594. The fraction of sp³-hybridized carbons (Fsp3) is 0. The zero-order valence-corrected chi connectivity index (χ0v) is 3.59. The van der Waals surface area contributed by atoms with Crippen LogP contribution in [0.5, 0.6) is 0 Å². The van der Waals surface area contributed by atoms with Gasteiger partial charge in [0.15, 0.2) is 6.20 Å². The molecule has 2 nitrogen and oxygen atoms in total. The lowest BCUT2D eigenvalue weighted by atomic mass is 10.5. The molecule has 0 spiro atoms. The van der Waals surface area contributed by atoms with Gasteiger partial charge in [0.25, 0.3) is 6.20 Å². The SMILES string of the molecule is [O-][n+]1[c]c[c]cc1. The normalized spacial score (nSPS) is 8.57. The molecular weight excluding hydrogens is 90.1 g/mol. The molecule has 0 saturated carbocycles. The molecule has 0 aromatic carbocycles. The Kier molecular flexibility index (Phi) is 0.941. The average molecular weight is 93.1 g/mol. The van der Waals surface area contributed by atoms with Crippen LogP contribution in [0.1, 0.15) is 0 Å². The van der Waals surface area contributed by atoms with Crippen molar-refractivity contribution in [3.05, 3.63) is 35.8 Å². The Bertz CT molecular complexity index is 138. The van der Waals surface area contributed by atoms with Crippen LogP contribution in [-0.4, -0.2) is 0 Å². The van der Waals surface area contributed by atoms with Crippen LogP contribution < -0.4 is 4.73 Å². The molecule has 0 aliphatic carbocycles. The standard InChI is InChI=1S/C5H3NO/c7-6-4-2-1-3-5-6/h2-4H. The molecule has 7 heavy (non-hydrogen) atoms. The molecule has 0 atom stereocenters. The first-order chi connectivity index (χ1) is 3.39. The van der Waals surface area contributed by atoms with Gasteiger partial charge in [0.05, 0.1) is 0 Å². The number of rotatable bonds is 0. The van der Waals surface area contributed by atoms with Gasteiger partial charge in [-0.1, -0.05) is 0 Å². The average Bonchev–Trinajstić information content (AvgIpc) is 1.69. The molecule has 34 valence electrons. The molecular formula is C5H3NO. The van der Waals surface area contributed by atoms with Crippen LogP contribution >= 0.6 is 0 Å². The Morgan fingerprint density at radius 2 is 2.43 bits per heavy atom. The van der Waals surface area contributed by atoms with Gasteiger partial charge < -0.3 is 5.21 Å². The van der Waals surface area contributed by atoms with E-state index in [1.165, 1.54) is 18.3 Å². The lowest BCUT2D eigenvalue weighted by molar-refractivity contribution is -0.609. The van der Waals surface area contributed by atoms with Crippen molar-refractivity contribution >= 4 is 0 Å². The molecule has 1 rings (SSSR count). The Labute approximate surface area is 41.6 Å². The molecule has 1 aromatic rings. The summed E-state index contributed by atoms with van der Waals surface area (Å²) in [4.78, 5) is 0. The summed E-state index contributed by atoms with van der Waals surface area (Å²) in [6, 6.07) is 5.63. The zero-order chi connectivity index (χ0) is 5.11. The highest BCUT2D eigenvalue weighted by molar-refractivity contribution is 4.79. The Morgan fingerprint density at radius 1 is 1.57 bits per heavy atom. The van der Waals surface area contributed by atoms with Gasteiger partial charge in [-0.3, -0.25) is 0 Å². The van der Waals surface area contributed by atoms with Crippen LogP contribution in [0.4, 0.5) is 0 Å². The second-order valence-corrected chi connectivity index (χ2v) is 1.08. The van der Waals surface area contributed by atoms with E-state index >= 15 is 0 Å². The molecule has 1 aromatic heterocycles. The first-order valence-electron chi connectivity index (χ1n) is 1.86. The maximum absolute atomic E-state index is 10.1. The van der Waals surface area contributed by atoms with E-state index < -0.39 is 0 Å². The molecule has 0 saturated heterocycles. The second kappa shape index (κ2) is 1.60. The molecule has 0 fully saturated rings. The van der Waals surface area contributed by atoms with Crippen LogP contribution in [0.3, 0.4) is 0 Å². The molecule has 0 aliphatic heterocycles. The summed E-state index contributed by atoms with van der Waals surface area (Å²) >= 11 is 0. The summed E-state index contributed by atoms with van der Waals surface area (Å²) in [5.41, 5.74) is 0. The van der Waals surface area contributed by atoms with Crippen LogP contribution in [-0.2, 0) is 0 Å². The van der Waals surface area contributed by atoms with E-state index in [4.69, 9.17) is 0 Å². The molecule has 0 unspecified atom stereocenters. The summed E-state index contributed by atoms with van der Waals surface area (Å²) in [7, 11) is 0. The van der Waals surface area contributed by atoms with Gasteiger partial charge in [-0.2, -0.15) is 4.73 Å². The van der Waals surface area contributed by atoms with E-state index in [2.05, 4.69) is 12.3 Å². The lowest BCUT2D eigenvalue weighted by Crippen LogP contribution is -2.23. The highest BCUT2D eigenvalue weighted by atomic mass is 16.5. The minimum absolute atomic E-state index is 0.594. The summed E-state index contributed by atoms with van der Waals surface area (Å²) in [6.07, 6.45) is 3.67. The number of pyridine rings is 1. The number of aromatic nitrogens is 1.